The molecule has 4 aliphatic rings. The van der Waals surface area contributed by atoms with Gasteiger partial charge in [-0.2, -0.15) is 9.97 Å². The van der Waals surface area contributed by atoms with Gasteiger partial charge in [0.2, 0.25) is 0 Å². The lowest BCUT2D eigenvalue weighted by Crippen LogP contribution is -2.50. The number of terminal acetylenes is 1. The third kappa shape index (κ3) is 4.85. The smallest absolute Gasteiger partial charge is 0.319 e. The number of rotatable bonds is 5. The maximum absolute atomic E-state index is 17.0. The summed E-state index contributed by atoms with van der Waals surface area (Å²) in [5.74, 6) is 1.86. The summed E-state index contributed by atoms with van der Waals surface area (Å²) in [7, 11) is 2.20. The highest BCUT2D eigenvalue weighted by atomic mass is 19.1. The topological polar surface area (TPSA) is 73.8 Å². The molecule has 4 fully saturated rings. The normalized spacial score (nSPS) is 26.3. The molecule has 0 unspecified atom stereocenters. The van der Waals surface area contributed by atoms with E-state index in [1.54, 1.807) is 12.1 Å². The molecule has 4 heterocycles. The second-order valence-electron chi connectivity index (χ2n) is 13.8. The number of fused-ring (bicyclic) bond motifs is 5. The van der Waals surface area contributed by atoms with Gasteiger partial charge in [-0.15, -0.1) is 6.42 Å². The second-order valence-corrected chi connectivity index (χ2v) is 13.8. The fourth-order valence-corrected chi connectivity index (χ4v) is 8.94. The number of likely N-dealkylation sites (tertiary alicyclic amines) is 1. The summed E-state index contributed by atoms with van der Waals surface area (Å²) in [6.07, 6.45) is 14.6. The Morgan fingerprint density at radius 2 is 1.87 bits per heavy atom. The first kappa shape index (κ1) is 29.4. The quantitative estimate of drug-likeness (QED) is 0.250. The molecule has 2 bridgehead atoms. The first-order chi connectivity index (χ1) is 22.3. The van der Waals surface area contributed by atoms with Crippen molar-refractivity contribution in [3.05, 3.63) is 53.6 Å². The Hall–Kier alpha value is -4.00. The van der Waals surface area contributed by atoms with E-state index in [1.807, 2.05) is 6.07 Å². The SMILES string of the molecule is C#Cc1c(F)ccc2cc(O)cc(-c3ccc4c(N5CC[C@H]6CC[C@@H](C5)N6)nc(OC[C@]56CCC[C@H]5N(C)CCC6)nc4c3F)c12. The molecular formula is C37H39F2N5O2. The number of hydrogen-bond donors (Lipinski definition) is 2. The lowest BCUT2D eigenvalue weighted by atomic mass is 9.76. The van der Waals surface area contributed by atoms with Crippen molar-refractivity contribution in [1.29, 1.82) is 0 Å². The number of aromatic hydroxyl groups is 1. The Bertz CT molecular complexity index is 1890. The summed E-state index contributed by atoms with van der Waals surface area (Å²) in [4.78, 5) is 14.4. The van der Waals surface area contributed by atoms with Crippen LogP contribution >= 0.6 is 0 Å². The van der Waals surface area contributed by atoms with Crippen molar-refractivity contribution in [2.45, 2.75) is 69.5 Å². The Morgan fingerprint density at radius 3 is 2.74 bits per heavy atom. The largest absolute Gasteiger partial charge is 0.508 e. The Labute approximate surface area is 268 Å². The van der Waals surface area contributed by atoms with Gasteiger partial charge in [0, 0.05) is 53.0 Å². The summed E-state index contributed by atoms with van der Waals surface area (Å²) in [5.41, 5.74) is 0.670. The Balaban J connectivity index is 1.27. The van der Waals surface area contributed by atoms with Crippen LogP contribution in [0.15, 0.2) is 36.4 Å². The van der Waals surface area contributed by atoms with Gasteiger partial charge in [-0.1, -0.05) is 24.5 Å². The van der Waals surface area contributed by atoms with Crippen LogP contribution in [0.1, 0.15) is 56.9 Å². The number of halogens is 2. The number of anilines is 1. The number of piperidine rings is 1. The molecule has 0 amide bonds. The lowest BCUT2D eigenvalue weighted by molar-refractivity contribution is 0.0133. The third-order valence-electron chi connectivity index (χ3n) is 11.1. The van der Waals surface area contributed by atoms with Crippen molar-refractivity contribution in [1.82, 2.24) is 20.2 Å². The molecular weight excluding hydrogens is 584 g/mol. The fourth-order valence-electron chi connectivity index (χ4n) is 8.94. The van der Waals surface area contributed by atoms with E-state index in [0.29, 0.717) is 52.3 Å². The van der Waals surface area contributed by atoms with E-state index >= 15 is 4.39 Å². The molecule has 0 radical (unpaired) electrons. The molecule has 238 valence electrons. The van der Waals surface area contributed by atoms with Gasteiger partial charge in [0.25, 0.3) is 0 Å². The standard InChI is InChI=1S/C37H39F2N5O2/c1-3-26-30(38)12-7-22-18-25(45)19-29(32(22)26)27-10-11-28-34(33(27)39)41-36(42-35(28)44-17-13-23-8-9-24(20-44)40-23)46-21-37-14-4-6-31(37)43(2)16-5-15-37/h1,7,10-12,18-19,23-24,31,40,45H,4-6,8-9,13-17,20-21H2,2H3/t23-,24+,31-,37-/m1/s1. The van der Waals surface area contributed by atoms with E-state index in [0.717, 1.165) is 58.2 Å². The average molecular weight is 624 g/mol. The Morgan fingerprint density at radius 1 is 1.02 bits per heavy atom. The van der Waals surface area contributed by atoms with Crippen LogP contribution in [0.2, 0.25) is 0 Å². The molecule has 2 N–H and O–H groups in total. The number of nitrogens with one attached hydrogen (secondary N) is 1. The van der Waals surface area contributed by atoms with Gasteiger partial charge in [-0.05, 0) is 93.8 Å². The maximum atomic E-state index is 17.0. The summed E-state index contributed by atoms with van der Waals surface area (Å²) in [6, 6.07) is 10.7. The summed E-state index contributed by atoms with van der Waals surface area (Å²) >= 11 is 0. The molecule has 3 saturated heterocycles. The minimum absolute atomic E-state index is 0.0225. The summed E-state index contributed by atoms with van der Waals surface area (Å²) in [6.45, 7) is 3.14. The first-order valence-corrected chi connectivity index (χ1v) is 16.6. The van der Waals surface area contributed by atoms with Crippen molar-refractivity contribution >= 4 is 27.5 Å². The molecule has 3 aliphatic heterocycles. The van der Waals surface area contributed by atoms with Crippen molar-refractivity contribution in [2.24, 2.45) is 5.41 Å². The monoisotopic (exact) mass is 623 g/mol. The van der Waals surface area contributed by atoms with Crippen LogP contribution in [0, 0.1) is 29.4 Å². The number of aromatic nitrogens is 2. The van der Waals surface area contributed by atoms with Crippen LogP contribution in [0.25, 0.3) is 32.8 Å². The van der Waals surface area contributed by atoms with Gasteiger partial charge in [0.05, 0.1) is 12.2 Å². The van der Waals surface area contributed by atoms with Crippen LogP contribution in [0.3, 0.4) is 0 Å². The first-order valence-electron chi connectivity index (χ1n) is 16.6. The second kappa shape index (κ2) is 11.4. The summed E-state index contributed by atoms with van der Waals surface area (Å²) < 4.78 is 38.3. The molecule has 0 spiro atoms. The molecule has 4 aromatic rings. The van der Waals surface area contributed by atoms with Crippen LogP contribution in [0.4, 0.5) is 14.6 Å². The minimum atomic E-state index is -0.589. The lowest BCUT2D eigenvalue weighted by Gasteiger charge is -2.44. The highest BCUT2D eigenvalue weighted by molar-refractivity contribution is 6.04. The predicted octanol–water partition coefficient (Wildman–Crippen LogP) is 6.39. The van der Waals surface area contributed by atoms with E-state index in [4.69, 9.17) is 21.1 Å². The zero-order chi connectivity index (χ0) is 31.6. The summed E-state index contributed by atoms with van der Waals surface area (Å²) in [5, 5.41) is 15.8. The zero-order valence-electron chi connectivity index (χ0n) is 26.2. The minimum Gasteiger partial charge on any atom is -0.508 e. The molecule has 3 aromatic carbocycles. The Kier molecular flexibility index (Phi) is 7.26. The third-order valence-corrected chi connectivity index (χ3v) is 11.1. The highest BCUT2D eigenvalue weighted by Gasteiger charge is 2.47. The number of hydrogen-bond acceptors (Lipinski definition) is 7. The predicted molar refractivity (Wildman–Crippen MR) is 176 cm³/mol. The average Bonchev–Trinajstić information content (AvgIpc) is 3.63. The number of benzene rings is 3. The van der Waals surface area contributed by atoms with Gasteiger partial charge < -0.3 is 25.0 Å². The number of nitrogens with zero attached hydrogens (tertiary/aromatic N) is 4. The van der Waals surface area contributed by atoms with E-state index in [1.165, 1.54) is 31.0 Å². The number of phenolic OH excluding ortho intramolecular Hbond substituents is 1. The fraction of sp³-hybridized carbons (Fsp3) is 0.459. The van der Waals surface area contributed by atoms with E-state index in [9.17, 15) is 9.50 Å². The van der Waals surface area contributed by atoms with Crippen molar-refractivity contribution in [2.75, 3.05) is 38.2 Å². The zero-order valence-corrected chi connectivity index (χ0v) is 26.2. The molecule has 8 rings (SSSR count). The molecule has 1 aliphatic carbocycles. The van der Waals surface area contributed by atoms with Crippen LogP contribution < -0.4 is 15.0 Å². The molecule has 1 aromatic heterocycles. The van der Waals surface area contributed by atoms with E-state index in [-0.39, 0.29) is 33.8 Å². The van der Waals surface area contributed by atoms with E-state index in [2.05, 4.69) is 28.1 Å². The van der Waals surface area contributed by atoms with Crippen molar-refractivity contribution in [3.63, 3.8) is 0 Å². The van der Waals surface area contributed by atoms with Gasteiger partial charge in [-0.25, -0.2) is 8.78 Å². The molecule has 9 heteroatoms. The van der Waals surface area contributed by atoms with Crippen LogP contribution in [0.5, 0.6) is 11.8 Å². The molecule has 4 atom stereocenters. The molecule has 7 nitrogen and oxygen atoms in total. The van der Waals surface area contributed by atoms with Crippen LogP contribution in [-0.2, 0) is 0 Å². The highest BCUT2D eigenvalue weighted by Crippen LogP contribution is 2.48. The van der Waals surface area contributed by atoms with Crippen molar-refractivity contribution < 1.29 is 18.6 Å². The number of ether oxygens (including phenoxy) is 1. The van der Waals surface area contributed by atoms with Crippen molar-refractivity contribution in [3.8, 4) is 35.2 Å². The number of phenols is 1. The van der Waals surface area contributed by atoms with E-state index < -0.39 is 11.6 Å². The van der Waals surface area contributed by atoms with Gasteiger partial charge in [-0.3, -0.25) is 0 Å². The molecule has 46 heavy (non-hydrogen) atoms. The van der Waals surface area contributed by atoms with Gasteiger partial charge in [0.15, 0.2) is 5.82 Å². The molecule has 1 saturated carbocycles. The maximum Gasteiger partial charge on any atom is 0.319 e. The van der Waals surface area contributed by atoms with Gasteiger partial charge >= 0.3 is 6.01 Å². The van der Waals surface area contributed by atoms with Crippen LogP contribution in [-0.4, -0.2) is 71.4 Å². The van der Waals surface area contributed by atoms with Gasteiger partial charge in [0.1, 0.15) is 22.9 Å².